The van der Waals surface area contributed by atoms with Crippen molar-refractivity contribution in [1.82, 2.24) is 9.55 Å². The first-order valence-electron chi connectivity index (χ1n) is 13.6. The monoisotopic (exact) mass is 531 g/mol. The van der Waals surface area contributed by atoms with Crippen molar-refractivity contribution in [2.75, 3.05) is 13.2 Å². The Labute approximate surface area is 215 Å². The second-order valence-electron chi connectivity index (χ2n) is 9.60. The van der Waals surface area contributed by atoms with Crippen LogP contribution in [0.1, 0.15) is 103 Å². The van der Waals surface area contributed by atoms with Gasteiger partial charge in [0.05, 0.1) is 6.61 Å². The van der Waals surface area contributed by atoms with Gasteiger partial charge in [0.1, 0.15) is 18.3 Å². The molecule has 5 atom stereocenters. The van der Waals surface area contributed by atoms with Gasteiger partial charge in [0, 0.05) is 18.9 Å². The van der Waals surface area contributed by atoms with Crippen molar-refractivity contribution in [3.05, 3.63) is 33.1 Å². The first kappa shape index (κ1) is 31.1. The van der Waals surface area contributed by atoms with Crippen molar-refractivity contribution < 1.29 is 24.0 Å². The lowest BCUT2D eigenvalue weighted by atomic mass is 10.0. The zero-order valence-electron chi connectivity index (χ0n) is 21.7. The molecule has 1 saturated heterocycles. The van der Waals surface area contributed by atoms with E-state index in [1.807, 2.05) is 0 Å². The van der Waals surface area contributed by atoms with Crippen molar-refractivity contribution in [2.24, 2.45) is 5.50 Å². The molecule has 0 saturated carbocycles. The van der Waals surface area contributed by atoms with Crippen LogP contribution in [-0.2, 0) is 14.0 Å². The fourth-order valence-electron chi connectivity index (χ4n) is 4.58. The van der Waals surface area contributed by atoms with Gasteiger partial charge in [-0.25, -0.2) is 4.79 Å². The maximum Gasteiger partial charge on any atom is 0.330 e. The Morgan fingerprint density at radius 1 is 1.00 bits per heavy atom. The number of aliphatic hydroxyl groups is 1. The molecule has 1 unspecified atom stereocenters. The van der Waals surface area contributed by atoms with Crippen LogP contribution in [0.25, 0.3) is 0 Å². The zero-order chi connectivity index (χ0) is 26.2. The van der Waals surface area contributed by atoms with Gasteiger partial charge in [-0.1, -0.05) is 90.4 Å². The number of H-pyrrole nitrogens is 1. The number of ether oxygens (including phenoxy) is 2. The number of nitrogens with two attached hydrogens (primary N) is 1. The Morgan fingerprint density at radius 2 is 1.56 bits per heavy atom. The number of hydrogen-bond acceptors (Lipinski definition) is 8. The molecular weight excluding hydrogens is 485 g/mol. The second-order valence-corrected chi connectivity index (χ2v) is 10.5. The van der Waals surface area contributed by atoms with Crippen LogP contribution in [0.5, 0.6) is 0 Å². The Balaban J connectivity index is 1.64. The number of aliphatic hydroxyl groups excluding tert-OH is 1. The summed E-state index contributed by atoms with van der Waals surface area (Å²) in [6.45, 7) is 2.60. The maximum atomic E-state index is 12.1. The smallest absolute Gasteiger partial charge is 0.330 e. The molecule has 0 aromatic carbocycles. The number of nitrogens with one attached hydrogen (secondary N) is 1. The third-order valence-corrected chi connectivity index (χ3v) is 7.03. The Kier molecular flexibility index (Phi) is 15.7. The van der Waals surface area contributed by atoms with E-state index < -0.39 is 44.3 Å². The average Bonchev–Trinajstić information content (AvgIpc) is 3.15. The molecule has 2 rings (SSSR count). The van der Waals surface area contributed by atoms with E-state index in [0.717, 1.165) is 23.8 Å². The summed E-state index contributed by atoms with van der Waals surface area (Å²) in [7, 11) is -2.10. The Hall–Kier alpha value is -1.13. The van der Waals surface area contributed by atoms with E-state index in [1.165, 1.54) is 82.9 Å². The highest BCUT2D eigenvalue weighted by molar-refractivity contribution is 7.43. The number of nitrogens with zero attached hydrogens (tertiary/aromatic N) is 1. The molecule has 11 heteroatoms. The van der Waals surface area contributed by atoms with Crippen LogP contribution in [0.2, 0.25) is 0 Å². The first-order valence-corrected chi connectivity index (χ1v) is 14.9. The molecule has 1 aliphatic heterocycles. The summed E-state index contributed by atoms with van der Waals surface area (Å²) in [6, 6.07) is 1.18. The lowest BCUT2D eigenvalue weighted by molar-refractivity contribution is -0.0579. The van der Waals surface area contributed by atoms with Crippen molar-refractivity contribution >= 4 is 8.53 Å². The SMILES string of the molecule is CCCCCCCCCCCCCCCCO[C@H]1[C@@H](O)[C@H](n2ccc(=O)[nH]c2=O)O[C@@H]1COP(N)O. The van der Waals surface area contributed by atoms with E-state index in [4.69, 9.17) is 19.5 Å². The first-order chi connectivity index (χ1) is 17.4. The number of aromatic amines is 1. The number of aromatic nitrogens is 2. The molecule has 36 heavy (non-hydrogen) atoms. The Bertz CT molecular complexity index is 819. The number of hydrogen-bond donors (Lipinski definition) is 4. The second kappa shape index (κ2) is 18.2. The van der Waals surface area contributed by atoms with Gasteiger partial charge < -0.3 is 24.0 Å². The van der Waals surface area contributed by atoms with Crippen LogP contribution >= 0.6 is 8.53 Å². The van der Waals surface area contributed by atoms with Gasteiger partial charge in [-0.3, -0.25) is 19.8 Å². The van der Waals surface area contributed by atoms with E-state index in [1.54, 1.807) is 0 Å². The summed E-state index contributed by atoms with van der Waals surface area (Å²) in [5.74, 6) is 0. The molecule has 1 fully saturated rings. The molecule has 2 heterocycles. The van der Waals surface area contributed by atoms with E-state index >= 15 is 0 Å². The molecule has 0 aliphatic carbocycles. The van der Waals surface area contributed by atoms with Crippen molar-refractivity contribution in [1.29, 1.82) is 0 Å². The Morgan fingerprint density at radius 3 is 2.08 bits per heavy atom. The summed E-state index contributed by atoms with van der Waals surface area (Å²) in [6.07, 6.45) is 15.3. The largest absolute Gasteiger partial charge is 0.386 e. The van der Waals surface area contributed by atoms with Crippen LogP contribution < -0.4 is 16.8 Å². The van der Waals surface area contributed by atoms with Gasteiger partial charge in [-0.2, -0.15) is 0 Å². The quantitative estimate of drug-likeness (QED) is 0.146. The van der Waals surface area contributed by atoms with Crippen LogP contribution in [0.15, 0.2) is 21.9 Å². The predicted molar refractivity (Wildman–Crippen MR) is 141 cm³/mol. The van der Waals surface area contributed by atoms with E-state index in [9.17, 15) is 19.6 Å². The van der Waals surface area contributed by atoms with Crippen LogP contribution in [0.4, 0.5) is 0 Å². The standard InChI is InChI=1S/C25H46N3O7P/c1-2-3-4-5-6-7-8-9-10-11-12-13-14-15-18-33-23-20(19-34-36(26)32)35-24(22(23)30)28-17-16-21(29)27-25(28)31/h16-17,20,22-24,30,32H,2-15,18-19,26H2,1H3,(H,27,29,31)/t20-,22-,23-,24-,36?/m1/s1. The van der Waals surface area contributed by atoms with Gasteiger partial charge in [-0.15, -0.1) is 0 Å². The molecule has 1 aliphatic rings. The van der Waals surface area contributed by atoms with Crippen LogP contribution in [0, 0.1) is 0 Å². The summed E-state index contributed by atoms with van der Waals surface area (Å²) in [5, 5.41) is 10.8. The summed E-state index contributed by atoms with van der Waals surface area (Å²) < 4.78 is 17.9. The van der Waals surface area contributed by atoms with E-state index in [-0.39, 0.29) is 6.61 Å². The van der Waals surface area contributed by atoms with E-state index in [0.29, 0.717) is 6.61 Å². The number of rotatable bonds is 20. The summed E-state index contributed by atoms with van der Waals surface area (Å²) >= 11 is 0. The molecular formula is C25H46N3O7P. The number of unbranched alkanes of at least 4 members (excludes halogenated alkanes) is 13. The van der Waals surface area contributed by atoms with Gasteiger partial charge in [0.2, 0.25) is 8.53 Å². The van der Waals surface area contributed by atoms with Gasteiger partial charge >= 0.3 is 5.69 Å². The molecule has 0 spiro atoms. The van der Waals surface area contributed by atoms with Crippen molar-refractivity contribution in [3.63, 3.8) is 0 Å². The normalized spacial score (nSPS) is 22.8. The van der Waals surface area contributed by atoms with Crippen molar-refractivity contribution in [2.45, 2.75) is 121 Å². The summed E-state index contributed by atoms with van der Waals surface area (Å²) in [5.41, 5.74) is 4.09. The predicted octanol–water partition coefficient (Wildman–Crippen LogP) is 3.86. The zero-order valence-corrected chi connectivity index (χ0v) is 22.6. The van der Waals surface area contributed by atoms with Crippen LogP contribution in [0.3, 0.4) is 0 Å². The highest BCUT2D eigenvalue weighted by atomic mass is 31.2. The van der Waals surface area contributed by atoms with Crippen molar-refractivity contribution in [3.8, 4) is 0 Å². The van der Waals surface area contributed by atoms with Gasteiger partial charge in [0.15, 0.2) is 6.23 Å². The minimum Gasteiger partial charge on any atom is -0.386 e. The van der Waals surface area contributed by atoms with E-state index in [2.05, 4.69) is 11.9 Å². The molecule has 1 aromatic heterocycles. The lowest BCUT2D eigenvalue weighted by Gasteiger charge is -2.21. The molecule has 5 N–H and O–H groups in total. The molecule has 0 amide bonds. The average molecular weight is 532 g/mol. The fraction of sp³-hybridized carbons (Fsp3) is 0.840. The molecule has 208 valence electrons. The fourth-order valence-corrected chi connectivity index (χ4v) is 4.88. The topological polar surface area (TPSA) is 149 Å². The molecule has 10 nitrogen and oxygen atoms in total. The van der Waals surface area contributed by atoms with Gasteiger partial charge in [-0.05, 0) is 6.42 Å². The van der Waals surface area contributed by atoms with Crippen LogP contribution in [-0.4, -0.2) is 51.1 Å². The summed E-state index contributed by atoms with van der Waals surface area (Å²) in [4.78, 5) is 35.0. The third kappa shape index (κ3) is 11.5. The lowest BCUT2D eigenvalue weighted by Crippen LogP contribution is -2.39. The molecule has 1 aromatic rings. The van der Waals surface area contributed by atoms with Gasteiger partial charge in [0.25, 0.3) is 5.56 Å². The highest BCUT2D eigenvalue weighted by Crippen LogP contribution is 2.33. The minimum atomic E-state index is -2.10. The molecule has 0 bridgehead atoms. The minimum absolute atomic E-state index is 0.0895. The molecule has 0 radical (unpaired) electrons. The highest BCUT2D eigenvalue weighted by Gasteiger charge is 2.46. The maximum absolute atomic E-state index is 12.1. The third-order valence-electron chi connectivity index (χ3n) is 6.61.